The molecule has 0 spiro atoms. The van der Waals surface area contributed by atoms with Gasteiger partial charge >= 0.3 is 5.69 Å². The van der Waals surface area contributed by atoms with E-state index in [2.05, 4.69) is 10.3 Å². The zero-order valence-electron chi connectivity index (χ0n) is 15.5. The van der Waals surface area contributed by atoms with E-state index in [1.165, 1.54) is 24.4 Å². The van der Waals surface area contributed by atoms with Crippen molar-refractivity contribution in [3.63, 3.8) is 0 Å². The van der Waals surface area contributed by atoms with E-state index in [1.54, 1.807) is 19.0 Å². The highest BCUT2D eigenvalue weighted by Crippen LogP contribution is 2.42. The van der Waals surface area contributed by atoms with E-state index in [-0.39, 0.29) is 33.7 Å². The largest absolute Gasteiger partial charge is 0.375 e. The van der Waals surface area contributed by atoms with Gasteiger partial charge in [-0.2, -0.15) is 0 Å². The number of rotatable bonds is 7. The van der Waals surface area contributed by atoms with E-state index >= 15 is 0 Å². The van der Waals surface area contributed by atoms with Gasteiger partial charge < -0.3 is 10.2 Å². The lowest BCUT2D eigenvalue weighted by Gasteiger charge is -2.18. The maximum atomic E-state index is 14.5. The van der Waals surface area contributed by atoms with Crippen LogP contribution in [0.5, 0.6) is 0 Å². The molecule has 1 aromatic carbocycles. The van der Waals surface area contributed by atoms with Gasteiger partial charge in [0.2, 0.25) is 5.82 Å². The summed E-state index contributed by atoms with van der Waals surface area (Å²) < 4.78 is 14.5. The van der Waals surface area contributed by atoms with Crippen molar-refractivity contribution in [2.75, 3.05) is 24.3 Å². The van der Waals surface area contributed by atoms with Gasteiger partial charge in [0, 0.05) is 31.9 Å². The molecule has 3 rings (SSSR count). The van der Waals surface area contributed by atoms with Crippen molar-refractivity contribution in [1.29, 1.82) is 0 Å². The average Bonchev–Trinajstić information content (AvgIpc) is 3.45. The predicted octanol–water partition coefficient (Wildman–Crippen LogP) is 5.12. The third kappa shape index (κ3) is 3.98. The first-order valence-corrected chi connectivity index (χ1v) is 9.28. The van der Waals surface area contributed by atoms with Crippen LogP contribution < -0.4 is 10.2 Å². The first kappa shape index (κ1) is 19.4. The second kappa shape index (κ2) is 7.68. The zero-order chi connectivity index (χ0) is 19.7. The number of halogens is 2. The van der Waals surface area contributed by atoms with Crippen LogP contribution >= 0.6 is 11.6 Å². The third-order valence-corrected chi connectivity index (χ3v) is 5.18. The van der Waals surface area contributed by atoms with Gasteiger partial charge in [0.1, 0.15) is 5.82 Å². The Bertz CT molecular complexity index is 871. The van der Waals surface area contributed by atoms with Crippen LogP contribution in [0.4, 0.5) is 21.6 Å². The maximum Gasteiger partial charge on any atom is 0.319 e. The molecular weight excluding hydrogens is 371 g/mol. The van der Waals surface area contributed by atoms with E-state index in [0.717, 1.165) is 19.3 Å². The summed E-state index contributed by atoms with van der Waals surface area (Å²) in [5.41, 5.74) is 0.655. The topological polar surface area (TPSA) is 71.3 Å². The lowest BCUT2D eigenvalue weighted by Crippen LogP contribution is -2.22. The maximum absolute atomic E-state index is 14.5. The molecule has 1 aliphatic rings. The fourth-order valence-electron chi connectivity index (χ4n) is 3.27. The van der Waals surface area contributed by atoms with Crippen molar-refractivity contribution < 1.29 is 9.31 Å². The summed E-state index contributed by atoms with van der Waals surface area (Å²) in [6.07, 6.45) is 4.56. The highest BCUT2D eigenvalue weighted by atomic mass is 35.5. The summed E-state index contributed by atoms with van der Waals surface area (Å²) in [5, 5.41) is 15.3. The Morgan fingerprint density at radius 1 is 1.41 bits per heavy atom. The van der Waals surface area contributed by atoms with Crippen molar-refractivity contribution in [2.45, 2.75) is 32.2 Å². The first-order chi connectivity index (χ1) is 12.8. The van der Waals surface area contributed by atoms with Crippen molar-refractivity contribution in [2.24, 2.45) is 5.92 Å². The Morgan fingerprint density at radius 3 is 2.67 bits per heavy atom. The molecule has 1 atom stereocenters. The summed E-state index contributed by atoms with van der Waals surface area (Å²) in [4.78, 5) is 17.1. The van der Waals surface area contributed by atoms with Crippen LogP contribution in [0, 0.1) is 21.8 Å². The van der Waals surface area contributed by atoms with Crippen LogP contribution in [0.25, 0.3) is 11.1 Å². The van der Waals surface area contributed by atoms with E-state index < -0.39 is 10.7 Å². The summed E-state index contributed by atoms with van der Waals surface area (Å²) in [6.45, 7) is 2.04. The van der Waals surface area contributed by atoms with Gasteiger partial charge in [-0.1, -0.05) is 18.5 Å². The number of nitrogens with zero attached hydrogens (tertiary/aromatic N) is 3. The van der Waals surface area contributed by atoms with E-state index in [0.29, 0.717) is 11.6 Å². The molecule has 27 heavy (non-hydrogen) atoms. The first-order valence-electron chi connectivity index (χ1n) is 8.90. The zero-order valence-corrected chi connectivity index (χ0v) is 16.3. The molecule has 1 unspecified atom stereocenters. The van der Waals surface area contributed by atoms with Crippen LogP contribution in [-0.2, 0) is 0 Å². The van der Waals surface area contributed by atoms with Crippen LogP contribution in [0.15, 0.2) is 24.4 Å². The van der Waals surface area contributed by atoms with E-state index in [1.807, 2.05) is 6.92 Å². The van der Waals surface area contributed by atoms with Crippen LogP contribution in [-0.4, -0.2) is 30.0 Å². The number of anilines is 2. The minimum Gasteiger partial charge on any atom is -0.375 e. The minimum absolute atomic E-state index is 0.134. The predicted molar refractivity (Wildman–Crippen MR) is 106 cm³/mol. The molecule has 1 fully saturated rings. The molecular formula is C19H22ClFN4O2. The van der Waals surface area contributed by atoms with E-state index in [4.69, 9.17) is 11.6 Å². The van der Waals surface area contributed by atoms with Gasteiger partial charge in [-0.25, -0.2) is 9.37 Å². The Hall–Kier alpha value is -2.41. The molecule has 0 saturated heterocycles. The number of hydrogen-bond acceptors (Lipinski definition) is 5. The van der Waals surface area contributed by atoms with Crippen LogP contribution in [0.2, 0.25) is 5.02 Å². The van der Waals surface area contributed by atoms with Crippen molar-refractivity contribution >= 4 is 28.8 Å². The molecule has 1 heterocycles. The van der Waals surface area contributed by atoms with Gasteiger partial charge in [0.05, 0.1) is 21.2 Å². The molecule has 0 bridgehead atoms. The molecule has 1 aliphatic carbocycles. The number of pyridine rings is 1. The second-order valence-corrected chi connectivity index (χ2v) is 7.39. The molecule has 0 amide bonds. The smallest absolute Gasteiger partial charge is 0.319 e. The summed E-state index contributed by atoms with van der Waals surface area (Å²) in [7, 11) is 3.40. The number of nitrogens with one attached hydrogen (secondary N) is 1. The van der Waals surface area contributed by atoms with Crippen LogP contribution in [0.3, 0.4) is 0 Å². The van der Waals surface area contributed by atoms with Crippen molar-refractivity contribution in [3.8, 4) is 11.1 Å². The molecule has 8 heteroatoms. The molecule has 1 aromatic heterocycles. The van der Waals surface area contributed by atoms with Gasteiger partial charge in [0.15, 0.2) is 0 Å². The monoisotopic (exact) mass is 392 g/mol. The average molecular weight is 393 g/mol. The van der Waals surface area contributed by atoms with Gasteiger partial charge in [0.25, 0.3) is 0 Å². The molecule has 1 saturated carbocycles. The Kier molecular flexibility index (Phi) is 5.51. The van der Waals surface area contributed by atoms with E-state index in [9.17, 15) is 14.5 Å². The van der Waals surface area contributed by atoms with Crippen LogP contribution in [0.1, 0.15) is 26.2 Å². The number of hydrogen-bond donors (Lipinski definition) is 1. The second-order valence-electron chi connectivity index (χ2n) is 6.99. The number of aromatic nitrogens is 1. The van der Waals surface area contributed by atoms with Gasteiger partial charge in [-0.05, 0) is 43.4 Å². The molecule has 2 aromatic rings. The lowest BCUT2D eigenvalue weighted by molar-refractivity contribution is -0.383. The normalized spacial score (nSPS) is 14.7. The Labute approximate surface area is 162 Å². The Morgan fingerprint density at radius 2 is 2.11 bits per heavy atom. The molecule has 6 nitrogen and oxygen atoms in total. The highest BCUT2D eigenvalue weighted by molar-refractivity contribution is 6.33. The fraction of sp³-hybridized carbons (Fsp3) is 0.421. The summed E-state index contributed by atoms with van der Waals surface area (Å²) in [6, 6.07) is 4.34. The molecule has 0 aliphatic heterocycles. The third-order valence-electron chi connectivity index (χ3n) is 4.87. The quantitative estimate of drug-likeness (QED) is 0.523. The fourth-order valence-corrected chi connectivity index (χ4v) is 3.53. The minimum atomic E-state index is -0.496. The number of benzene rings is 1. The molecule has 0 radical (unpaired) electrons. The summed E-state index contributed by atoms with van der Waals surface area (Å²) in [5.74, 6) is 0.217. The van der Waals surface area contributed by atoms with Crippen molar-refractivity contribution in [3.05, 3.63) is 45.4 Å². The standard InChI is InChI=1S/C19H22ClFN4O2/c1-4-16(11-5-6-11)23-19-18(25(26)27)12(7-8-22-19)13-9-15(21)17(24(2)3)10-14(13)20/h7-11,16H,4-6H2,1-3H3,(H,22,23). The van der Waals surface area contributed by atoms with Crippen molar-refractivity contribution in [1.82, 2.24) is 4.98 Å². The van der Waals surface area contributed by atoms with Gasteiger partial charge in [-0.3, -0.25) is 10.1 Å². The molecule has 1 N–H and O–H groups in total. The number of nitro groups is 1. The SMILES string of the molecule is CCC(Nc1nccc(-c2cc(F)c(N(C)C)cc2Cl)c1[N+](=O)[O-])C1CC1. The van der Waals surface area contributed by atoms with Gasteiger partial charge in [-0.15, -0.1) is 0 Å². The highest BCUT2D eigenvalue weighted by Gasteiger charge is 2.33. The lowest BCUT2D eigenvalue weighted by atomic mass is 10.0. The molecule has 144 valence electrons. The summed E-state index contributed by atoms with van der Waals surface area (Å²) >= 11 is 6.35. The Balaban J connectivity index is 2.09.